The molecule has 1 saturated heterocycles. The number of thioether (sulfide) groups is 1. The SMILES string of the molecule is COCC(C)C(CN)N1CCSC(C)C1. The molecule has 1 aliphatic heterocycles. The van der Waals surface area contributed by atoms with Crippen LogP contribution in [-0.4, -0.2) is 55.3 Å². The molecule has 1 rings (SSSR count). The summed E-state index contributed by atoms with van der Waals surface area (Å²) in [4.78, 5) is 2.53. The van der Waals surface area contributed by atoms with Crippen molar-refractivity contribution in [2.24, 2.45) is 11.7 Å². The Morgan fingerprint density at radius 1 is 1.60 bits per heavy atom. The predicted molar refractivity (Wildman–Crippen MR) is 67.4 cm³/mol. The topological polar surface area (TPSA) is 38.5 Å². The second-order valence-electron chi connectivity index (χ2n) is 4.41. The Hall–Kier alpha value is 0.230. The second kappa shape index (κ2) is 6.74. The van der Waals surface area contributed by atoms with Gasteiger partial charge in [0.15, 0.2) is 0 Å². The molecule has 1 fully saturated rings. The maximum atomic E-state index is 5.88. The van der Waals surface area contributed by atoms with Crippen molar-refractivity contribution in [1.82, 2.24) is 4.90 Å². The molecule has 0 aromatic carbocycles. The fraction of sp³-hybridized carbons (Fsp3) is 1.00. The van der Waals surface area contributed by atoms with Gasteiger partial charge in [-0.25, -0.2) is 0 Å². The smallest absolute Gasteiger partial charge is 0.0503 e. The Morgan fingerprint density at radius 2 is 2.33 bits per heavy atom. The highest BCUT2D eigenvalue weighted by Gasteiger charge is 2.26. The number of methoxy groups -OCH3 is 1. The van der Waals surface area contributed by atoms with Crippen LogP contribution in [0.2, 0.25) is 0 Å². The minimum Gasteiger partial charge on any atom is -0.384 e. The van der Waals surface area contributed by atoms with E-state index in [0.29, 0.717) is 12.0 Å². The van der Waals surface area contributed by atoms with E-state index in [1.54, 1.807) is 7.11 Å². The molecule has 15 heavy (non-hydrogen) atoms. The molecule has 4 heteroatoms. The first-order valence-electron chi connectivity index (χ1n) is 5.73. The van der Waals surface area contributed by atoms with Gasteiger partial charge in [0.1, 0.15) is 0 Å². The number of rotatable bonds is 5. The molecule has 0 aromatic heterocycles. The lowest BCUT2D eigenvalue weighted by Crippen LogP contribution is -2.50. The molecule has 0 bridgehead atoms. The van der Waals surface area contributed by atoms with Gasteiger partial charge in [-0.15, -0.1) is 0 Å². The Bertz CT molecular complexity index is 180. The molecule has 0 radical (unpaired) electrons. The highest BCUT2D eigenvalue weighted by Crippen LogP contribution is 2.22. The third-order valence-electron chi connectivity index (χ3n) is 3.07. The van der Waals surface area contributed by atoms with Crippen LogP contribution >= 0.6 is 11.8 Å². The molecule has 1 aliphatic rings. The maximum Gasteiger partial charge on any atom is 0.0503 e. The first-order valence-corrected chi connectivity index (χ1v) is 6.78. The summed E-state index contributed by atoms with van der Waals surface area (Å²) in [6.45, 7) is 8.41. The van der Waals surface area contributed by atoms with Crippen LogP contribution in [-0.2, 0) is 4.74 Å². The van der Waals surface area contributed by atoms with E-state index in [4.69, 9.17) is 10.5 Å². The summed E-state index contributed by atoms with van der Waals surface area (Å²) in [6, 6.07) is 0.480. The molecule has 0 aliphatic carbocycles. The van der Waals surface area contributed by atoms with Gasteiger partial charge in [0.25, 0.3) is 0 Å². The van der Waals surface area contributed by atoms with E-state index >= 15 is 0 Å². The second-order valence-corrected chi connectivity index (χ2v) is 5.96. The van der Waals surface area contributed by atoms with Gasteiger partial charge in [0.05, 0.1) is 6.61 Å². The molecule has 3 nitrogen and oxygen atoms in total. The molecule has 3 unspecified atom stereocenters. The van der Waals surface area contributed by atoms with Gasteiger partial charge >= 0.3 is 0 Å². The number of hydrogen-bond donors (Lipinski definition) is 1. The molecule has 3 atom stereocenters. The summed E-state index contributed by atoms with van der Waals surface area (Å²) in [5.74, 6) is 1.76. The summed E-state index contributed by atoms with van der Waals surface area (Å²) in [5.41, 5.74) is 5.88. The van der Waals surface area contributed by atoms with Crippen molar-refractivity contribution in [3.05, 3.63) is 0 Å². The zero-order valence-electron chi connectivity index (χ0n) is 10.1. The van der Waals surface area contributed by atoms with E-state index in [1.165, 1.54) is 18.8 Å². The van der Waals surface area contributed by atoms with E-state index in [9.17, 15) is 0 Å². The molecule has 90 valence electrons. The largest absolute Gasteiger partial charge is 0.384 e. The van der Waals surface area contributed by atoms with Gasteiger partial charge in [-0.05, 0) is 5.92 Å². The normalized spacial score (nSPS) is 27.6. The lowest BCUT2D eigenvalue weighted by molar-refractivity contribution is 0.0874. The number of nitrogens with zero attached hydrogens (tertiary/aromatic N) is 1. The Kier molecular flexibility index (Phi) is 5.97. The fourth-order valence-corrected chi connectivity index (χ4v) is 3.30. The third-order valence-corrected chi connectivity index (χ3v) is 4.21. The summed E-state index contributed by atoms with van der Waals surface area (Å²) < 4.78 is 5.22. The molecule has 0 spiro atoms. The van der Waals surface area contributed by atoms with E-state index in [0.717, 1.165) is 18.4 Å². The average Bonchev–Trinajstić information content (AvgIpc) is 2.19. The molecular weight excluding hydrogens is 208 g/mol. The fourth-order valence-electron chi connectivity index (χ4n) is 2.26. The van der Waals surface area contributed by atoms with E-state index in [2.05, 4.69) is 30.5 Å². The molecule has 0 aromatic rings. The van der Waals surface area contributed by atoms with Crippen LogP contribution in [0.15, 0.2) is 0 Å². The van der Waals surface area contributed by atoms with Gasteiger partial charge in [0.2, 0.25) is 0 Å². The standard InChI is InChI=1S/C11H24N2OS/c1-9(8-14-3)11(6-12)13-4-5-15-10(2)7-13/h9-11H,4-8,12H2,1-3H3. The van der Waals surface area contributed by atoms with E-state index < -0.39 is 0 Å². The van der Waals surface area contributed by atoms with Gasteiger partial charge in [-0.1, -0.05) is 13.8 Å². The highest BCUT2D eigenvalue weighted by molar-refractivity contribution is 7.99. The van der Waals surface area contributed by atoms with Gasteiger partial charge < -0.3 is 10.5 Å². The summed E-state index contributed by atoms with van der Waals surface area (Å²) >= 11 is 2.06. The minimum absolute atomic E-state index is 0.480. The number of ether oxygens (including phenoxy) is 1. The molecule has 0 saturated carbocycles. The lowest BCUT2D eigenvalue weighted by Gasteiger charge is -2.39. The van der Waals surface area contributed by atoms with Crippen molar-refractivity contribution >= 4 is 11.8 Å². The number of nitrogens with two attached hydrogens (primary N) is 1. The quantitative estimate of drug-likeness (QED) is 0.768. The Balaban J connectivity index is 2.48. The molecule has 2 N–H and O–H groups in total. The van der Waals surface area contributed by atoms with Crippen LogP contribution < -0.4 is 5.73 Å². The van der Waals surface area contributed by atoms with Crippen LogP contribution in [0, 0.1) is 5.92 Å². The van der Waals surface area contributed by atoms with Gasteiger partial charge in [-0.2, -0.15) is 11.8 Å². The molecule has 1 heterocycles. The predicted octanol–water partition coefficient (Wildman–Crippen LogP) is 1.03. The Labute approximate surface area is 97.7 Å². The molecular formula is C11H24N2OS. The van der Waals surface area contributed by atoms with Crippen LogP contribution in [0.25, 0.3) is 0 Å². The maximum absolute atomic E-state index is 5.88. The van der Waals surface area contributed by atoms with Gasteiger partial charge in [0, 0.05) is 43.8 Å². The number of hydrogen-bond acceptors (Lipinski definition) is 4. The van der Waals surface area contributed by atoms with E-state index in [-0.39, 0.29) is 0 Å². The van der Waals surface area contributed by atoms with Crippen LogP contribution in [0.4, 0.5) is 0 Å². The summed E-state index contributed by atoms with van der Waals surface area (Å²) in [7, 11) is 1.76. The first-order chi connectivity index (χ1) is 7.19. The summed E-state index contributed by atoms with van der Waals surface area (Å²) in [5, 5.41) is 0.738. The first kappa shape index (κ1) is 13.3. The van der Waals surface area contributed by atoms with Crippen molar-refractivity contribution < 1.29 is 4.74 Å². The lowest BCUT2D eigenvalue weighted by atomic mass is 10.0. The minimum atomic E-state index is 0.480. The zero-order chi connectivity index (χ0) is 11.3. The Morgan fingerprint density at radius 3 is 2.87 bits per heavy atom. The molecule has 0 amide bonds. The van der Waals surface area contributed by atoms with Crippen molar-refractivity contribution in [3.8, 4) is 0 Å². The zero-order valence-corrected chi connectivity index (χ0v) is 10.9. The van der Waals surface area contributed by atoms with Crippen LogP contribution in [0.1, 0.15) is 13.8 Å². The third kappa shape index (κ3) is 3.94. The monoisotopic (exact) mass is 232 g/mol. The van der Waals surface area contributed by atoms with Crippen molar-refractivity contribution in [3.63, 3.8) is 0 Å². The van der Waals surface area contributed by atoms with Crippen LogP contribution in [0.3, 0.4) is 0 Å². The van der Waals surface area contributed by atoms with Crippen LogP contribution in [0.5, 0.6) is 0 Å². The van der Waals surface area contributed by atoms with E-state index in [1.807, 2.05) is 0 Å². The summed E-state index contributed by atoms with van der Waals surface area (Å²) in [6.07, 6.45) is 0. The van der Waals surface area contributed by atoms with Crippen molar-refractivity contribution in [1.29, 1.82) is 0 Å². The van der Waals surface area contributed by atoms with Crippen molar-refractivity contribution in [2.75, 3.05) is 39.1 Å². The van der Waals surface area contributed by atoms with Gasteiger partial charge in [-0.3, -0.25) is 4.90 Å². The van der Waals surface area contributed by atoms with Crippen molar-refractivity contribution in [2.45, 2.75) is 25.1 Å². The highest BCUT2D eigenvalue weighted by atomic mass is 32.2. The average molecular weight is 232 g/mol.